The molecule has 1 saturated heterocycles. The lowest BCUT2D eigenvalue weighted by Crippen LogP contribution is -2.50. The smallest absolute Gasteiger partial charge is 0.214 e. The van der Waals surface area contributed by atoms with Crippen molar-refractivity contribution in [2.24, 2.45) is 4.99 Å². The molecule has 1 aliphatic rings. The van der Waals surface area contributed by atoms with E-state index in [0.29, 0.717) is 26.1 Å². The third-order valence-corrected chi connectivity index (χ3v) is 6.43. The number of piperidine rings is 1. The van der Waals surface area contributed by atoms with Crippen molar-refractivity contribution in [2.45, 2.75) is 52.6 Å². The van der Waals surface area contributed by atoms with Crippen molar-refractivity contribution in [2.75, 3.05) is 31.9 Å². The Labute approximate surface area is 180 Å². The Hall–Kier alpha value is -0.880. The molecule has 1 fully saturated rings. The van der Waals surface area contributed by atoms with Crippen LogP contribution in [0.1, 0.15) is 38.7 Å². The Kier molecular flexibility index (Phi) is 10.6. The Balaban J connectivity index is 0.00000364. The minimum Gasteiger partial charge on any atom is -0.357 e. The van der Waals surface area contributed by atoms with Crippen molar-refractivity contribution in [3.05, 3.63) is 18.0 Å². The molecule has 1 aliphatic heterocycles. The van der Waals surface area contributed by atoms with E-state index >= 15 is 0 Å². The summed E-state index contributed by atoms with van der Waals surface area (Å²) in [5, 5.41) is 11.0. The first-order valence-corrected chi connectivity index (χ1v) is 11.1. The number of aliphatic imine (C=N–C) groups is 1. The fourth-order valence-electron chi connectivity index (χ4n) is 3.03. The highest BCUT2D eigenvalue weighted by molar-refractivity contribution is 14.0. The first-order chi connectivity index (χ1) is 12.4. The van der Waals surface area contributed by atoms with Crippen LogP contribution in [-0.2, 0) is 16.6 Å². The predicted octanol–water partition coefficient (Wildman–Crippen LogP) is 1.57. The normalized spacial score (nSPS) is 16.8. The van der Waals surface area contributed by atoms with Gasteiger partial charge in [0.05, 0.1) is 25.0 Å². The zero-order valence-electron chi connectivity index (χ0n) is 16.5. The third-order valence-electron chi connectivity index (χ3n) is 4.36. The quantitative estimate of drug-likeness (QED) is 0.314. The standard InChI is InChI=1S/C17H32N6O2S.HI/c1-4-12-26(24,25)23-9-6-16(7-10-23)21-17(18-5-2)19-8-11-22-14-15(3)13-20-22;/h13-14,16H,4-12H2,1-3H3,(H2,18,19,21);1H. The summed E-state index contributed by atoms with van der Waals surface area (Å²) in [5.74, 6) is 1.02. The van der Waals surface area contributed by atoms with Gasteiger partial charge in [-0.05, 0) is 38.7 Å². The van der Waals surface area contributed by atoms with Gasteiger partial charge in [-0.25, -0.2) is 12.7 Å². The average molecular weight is 512 g/mol. The van der Waals surface area contributed by atoms with Crippen LogP contribution in [0, 0.1) is 6.92 Å². The van der Waals surface area contributed by atoms with Crippen LogP contribution in [0.2, 0.25) is 0 Å². The van der Waals surface area contributed by atoms with Gasteiger partial charge in [0.15, 0.2) is 5.96 Å². The van der Waals surface area contributed by atoms with Gasteiger partial charge in [0.2, 0.25) is 10.0 Å². The molecule has 1 aromatic rings. The van der Waals surface area contributed by atoms with E-state index in [0.717, 1.165) is 37.5 Å². The molecule has 27 heavy (non-hydrogen) atoms. The van der Waals surface area contributed by atoms with Gasteiger partial charge >= 0.3 is 0 Å². The van der Waals surface area contributed by atoms with Crippen LogP contribution in [0.15, 0.2) is 17.4 Å². The molecular formula is C17H33IN6O2S. The fourth-order valence-corrected chi connectivity index (χ4v) is 4.57. The van der Waals surface area contributed by atoms with Crippen molar-refractivity contribution in [1.82, 2.24) is 24.7 Å². The van der Waals surface area contributed by atoms with Gasteiger partial charge in [-0.15, -0.1) is 24.0 Å². The van der Waals surface area contributed by atoms with Gasteiger partial charge in [0.1, 0.15) is 0 Å². The molecule has 0 atom stereocenters. The van der Waals surface area contributed by atoms with Crippen LogP contribution in [0.25, 0.3) is 0 Å². The van der Waals surface area contributed by atoms with Crippen LogP contribution >= 0.6 is 24.0 Å². The van der Waals surface area contributed by atoms with E-state index in [1.54, 1.807) is 4.31 Å². The zero-order valence-corrected chi connectivity index (χ0v) is 19.7. The lowest BCUT2D eigenvalue weighted by atomic mass is 10.1. The van der Waals surface area contributed by atoms with E-state index in [9.17, 15) is 8.42 Å². The minimum absolute atomic E-state index is 0. The molecule has 0 amide bonds. The van der Waals surface area contributed by atoms with E-state index in [4.69, 9.17) is 0 Å². The molecule has 0 bridgehead atoms. The van der Waals surface area contributed by atoms with Crippen molar-refractivity contribution in [3.63, 3.8) is 0 Å². The number of sulfonamides is 1. The van der Waals surface area contributed by atoms with Gasteiger partial charge in [-0.3, -0.25) is 9.67 Å². The molecule has 10 heteroatoms. The van der Waals surface area contributed by atoms with Gasteiger partial charge in [-0.2, -0.15) is 5.10 Å². The second-order valence-corrected chi connectivity index (χ2v) is 8.76. The maximum atomic E-state index is 12.2. The number of rotatable bonds is 8. The second kappa shape index (κ2) is 11.8. The summed E-state index contributed by atoms with van der Waals surface area (Å²) in [6.45, 7) is 9.27. The minimum atomic E-state index is -3.09. The Morgan fingerprint density at radius 3 is 2.59 bits per heavy atom. The highest BCUT2D eigenvalue weighted by Gasteiger charge is 2.27. The average Bonchev–Trinajstić information content (AvgIpc) is 3.01. The first kappa shape index (κ1) is 24.2. The summed E-state index contributed by atoms with van der Waals surface area (Å²) in [7, 11) is -3.09. The largest absolute Gasteiger partial charge is 0.357 e. The first-order valence-electron chi connectivity index (χ1n) is 9.46. The number of aryl methyl sites for hydroxylation is 1. The van der Waals surface area contributed by atoms with Crippen LogP contribution in [-0.4, -0.2) is 66.4 Å². The maximum Gasteiger partial charge on any atom is 0.214 e. The van der Waals surface area contributed by atoms with Crippen molar-refractivity contribution in [1.29, 1.82) is 0 Å². The number of guanidine groups is 1. The van der Waals surface area contributed by atoms with E-state index in [1.807, 2.05) is 37.8 Å². The second-order valence-electron chi connectivity index (χ2n) is 6.68. The van der Waals surface area contributed by atoms with Crippen molar-refractivity contribution >= 4 is 40.0 Å². The highest BCUT2D eigenvalue weighted by Crippen LogP contribution is 2.15. The van der Waals surface area contributed by atoms with Gasteiger partial charge in [0.25, 0.3) is 0 Å². The van der Waals surface area contributed by atoms with Crippen LogP contribution in [0.5, 0.6) is 0 Å². The molecule has 0 aromatic carbocycles. The third kappa shape index (κ3) is 7.94. The van der Waals surface area contributed by atoms with Gasteiger partial charge in [0, 0.05) is 31.9 Å². The Bertz CT molecular complexity index is 683. The lowest BCUT2D eigenvalue weighted by Gasteiger charge is -2.32. The molecule has 2 rings (SSSR count). The molecule has 0 unspecified atom stereocenters. The molecule has 2 heterocycles. The Morgan fingerprint density at radius 1 is 1.33 bits per heavy atom. The van der Waals surface area contributed by atoms with E-state index in [-0.39, 0.29) is 35.8 Å². The molecule has 0 aliphatic carbocycles. The number of nitrogens with zero attached hydrogens (tertiary/aromatic N) is 4. The molecule has 8 nitrogen and oxygen atoms in total. The summed E-state index contributed by atoms with van der Waals surface area (Å²) < 4.78 is 27.8. The SMILES string of the molecule is CCCS(=O)(=O)N1CCC(NC(=NCCn2cc(C)cn2)NCC)CC1.I. The van der Waals surface area contributed by atoms with Crippen LogP contribution in [0.3, 0.4) is 0 Å². The van der Waals surface area contributed by atoms with Crippen LogP contribution in [0.4, 0.5) is 0 Å². The summed E-state index contributed by atoms with van der Waals surface area (Å²) >= 11 is 0. The van der Waals surface area contributed by atoms with Crippen molar-refractivity contribution < 1.29 is 8.42 Å². The molecule has 0 saturated carbocycles. The topological polar surface area (TPSA) is 91.6 Å². The summed E-state index contributed by atoms with van der Waals surface area (Å²) in [6.07, 6.45) is 6.10. The fraction of sp³-hybridized carbons (Fsp3) is 0.765. The highest BCUT2D eigenvalue weighted by atomic mass is 127. The molecule has 156 valence electrons. The number of aromatic nitrogens is 2. The lowest BCUT2D eigenvalue weighted by molar-refractivity contribution is 0.306. The number of halogens is 1. The summed E-state index contributed by atoms with van der Waals surface area (Å²) in [4.78, 5) is 4.61. The predicted molar refractivity (Wildman–Crippen MR) is 120 cm³/mol. The number of hydrogen-bond donors (Lipinski definition) is 2. The monoisotopic (exact) mass is 512 g/mol. The summed E-state index contributed by atoms with van der Waals surface area (Å²) in [6, 6.07) is 0.243. The molecule has 0 spiro atoms. The molecule has 2 N–H and O–H groups in total. The van der Waals surface area contributed by atoms with E-state index in [2.05, 4.69) is 20.7 Å². The van der Waals surface area contributed by atoms with Crippen molar-refractivity contribution in [3.8, 4) is 0 Å². The summed E-state index contributed by atoms with van der Waals surface area (Å²) in [5.41, 5.74) is 1.14. The van der Waals surface area contributed by atoms with E-state index in [1.165, 1.54) is 0 Å². The maximum absolute atomic E-state index is 12.2. The molecule has 0 radical (unpaired) electrons. The van der Waals surface area contributed by atoms with E-state index < -0.39 is 10.0 Å². The Morgan fingerprint density at radius 2 is 2.04 bits per heavy atom. The molecular weight excluding hydrogens is 479 g/mol. The van der Waals surface area contributed by atoms with Crippen LogP contribution < -0.4 is 10.6 Å². The zero-order chi connectivity index (χ0) is 19.0. The van der Waals surface area contributed by atoms with Gasteiger partial charge < -0.3 is 10.6 Å². The van der Waals surface area contributed by atoms with Gasteiger partial charge in [-0.1, -0.05) is 6.92 Å². The number of hydrogen-bond acceptors (Lipinski definition) is 4. The number of nitrogens with one attached hydrogen (secondary N) is 2. The molecule has 1 aromatic heterocycles.